The van der Waals surface area contributed by atoms with E-state index >= 15 is 0 Å². The molecule has 2 aromatic rings. The number of fused-ring (bicyclic) bond motifs is 1. The predicted octanol–water partition coefficient (Wildman–Crippen LogP) is 2.06. The Hall–Kier alpha value is -1.88. The summed E-state index contributed by atoms with van der Waals surface area (Å²) in [5.41, 5.74) is 3.05. The van der Waals surface area contributed by atoms with E-state index in [-0.39, 0.29) is 12.0 Å². The number of nitrogens with zero attached hydrogens (tertiary/aromatic N) is 1. The van der Waals surface area contributed by atoms with Gasteiger partial charge in [0.1, 0.15) is 6.10 Å². The summed E-state index contributed by atoms with van der Waals surface area (Å²) in [4.78, 5) is 12.0. The monoisotopic (exact) mass is 273 g/mol. The Morgan fingerprint density at radius 1 is 1.50 bits per heavy atom. The Kier molecular flexibility index (Phi) is 3.69. The van der Waals surface area contributed by atoms with E-state index in [1.165, 1.54) is 5.56 Å². The van der Waals surface area contributed by atoms with E-state index < -0.39 is 0 Å². The quantitative estimate of drug-likeness (QED) is 0.899. The molecule has 2 heterocycles. The summed E-state index contributed by atoms with van der Waals surface area (Å²) in [5.74, 6) is -0.0277. The topological polar surface area (TPSA) is 67.0 Å². The summed E-state index contributed by atoms with van der Waals surface area (Å²) in [6.07, 6.45) is 2.63. The molecule has 1 aromatic carbocycles. The number of aromatic amines is 1. The number of nitrogens with one attached hydrogen (secondary N) is 2. The average Bonchev–Trinajstić information content (AvgIpc) is 2.88. The summed E-state index contributed by atoms with van der Waals surface area (Å²) in [6.45, 7) is 3.19. The van der Waals surface area contributed by atoms with Gasteiger partial charge in [-0.15, -0.1) is 0 Å². The van der Waals surface area contributed by atoms with Gasteiger partial charge in [0, 0.05) is 12.0 Å². The zero-order valence-electron chi connectivity index (χ0n) is 11.6. The highest BCUT2D eigenvalue weighted by Crippen LogP contribution is 2.18. The predicted molar refractivity (Wildman–Crippen MR) is 76.3 cm³/mol. The van der Waals surface area contributed by atoms with Crippen LogP contribution in [0.5, 0.6) is 0 Å². The first-order valence-electron chi connectivity index (χ1n) is 7.07. The first-order valence-corrected chi connectivity index (χ1v) is 7.07. The van der Waals surface area contributed by atoms with Crippen LogP contribution in [0.3, 0.4) is 0 Å². The maximum atomic E-state index is 12.0. The van der Waals surface area contributed by atoms with E-state index in [0.717, 1.165) is 35.9 Å². The van der Waals surface area contributed by atoms with Gasteiger partial charge in [-0.2, -0.15) is 5.10 Å². The number of H-pyrrole nitrogens is 1. The first kappa shape index (κ1) is 13.1. The minimum atomic E-state index is -0.292. The van der Waals surface area contributed by atoms with Crippen LogP contribution in [0.15, 0.2) is 18.2 Å². The molecular formula is C15H19N3O2. The van der Waals surface area contributed by atoms with Gasteiger partial charge in [-0.25, -0.2) is 0 Å². The van der Waals surface area contributed by atoms with Crippen molar-refractivity contribution in [1.82, 2.24) is 15.5 Å². The van der Waals surface area contributed by atoms with Crippen molar-refractivity contribution in [2.45, 2.75) is 38.8 Å². The van der Waals surface area contributed by atoms with Gasteiger partial charge >= 0.3 is 0 Å². The molecule has 1 atom stereocenters. The van der Waals surface area contributed by atoms with Crippen LogP contribution in [-0.4, -0.2) is 28.8 Å². The Labute approximate surface area is 117 Å². The number of amides is 1. The molecule has 106 valence electrons. The van der Waals surface area contributed by atoms with Crippen molar-refractivity contribution >= 4 is 16.8 Å². The minimum absolute atomic E-state index is 0.0277. The van der Waals surface area contributed by atoms with Crippen molar-refractivity contribution in [3.8, 4) is 0 Å². The van der Waals surface area contributed by atoms with Gasteiger partial charge in [0.2, 0.25) is 5.91 Å². The van der Waals surface area contributed by atoms with Gasteiger partial charge in [-0.3, -0.25) is 9.89 Å². The zero-order chi connectivity index (χ0) is 13.9. The molecule has 1 aromatic heterocycles. The molecule has 5 heteroatoms. The lowest BCUT2D eigenvalue weighted by Crippen LogP contribution is -2.38. The summed E-state index contributed by atoms with van der Waals surface area (Å²) in [5, 5.41) is 11.2. The number of aryl methyl sites for hydroxylation is 1. The second kappa shape index (κ2) is 5.63. The molecule has 0 bridgehead atoms. The second-order valence-electron chi connectivity index (χ2n) is 5.30. The van der Waals surface area contributed by atoms with Gasteiger partial charge in [0.15, 0.2) is 0 Å². The second-order valence-corrected chi connectivity index (χ2v) is 5.30. The highest BCUT2D eigenvalue weighted by molar-refractivity contribution is 5.84. The molecular weight excluding hydrogens is 254 g/mol. The third-order valence-electron chi connectivity index (χ3n) is 3.70. The van der Waals surface area contributed by atoms with Crippen molar-refractivity contribution in [3.63, 3.8) is 0 Å². The van der Waals surface area contributed by atoms with Crippen LogP contribution in [-0.2, 0) is 16.1 Å². The smallest absolute Gasteiger partial charge is 0.249 e. The summed E-state index contributed by atoms with van der Waals surface area (Å²) >= 11 is 0. The molecule has 1 amide bonds. The van der Waals surface area contributed by atoms with Gasteiger partial charge in [-0.1, -0.05) is 11.6 Å². The van der Waals surface area contributed by atoms with Gasteiger partial charge in [-0.05, 0) is 38.3 Å². The van der Waals surface area contributed by atoms with E-state index in [4.69, 9.17) is 4.74 Å². The standard InChI is InChI=1S/C15H19N3O2/c1-10-5-6-12-11(8-10)13(18-17-12)9-16-15(19)14-4-2-3-7-20-14/h5-6,8,14H,2-4,7,9H2,1H3,(H,16,19)(H,17,18)/t14-/m0/s1. The minimum Gasteiger partial charge on any atom is -0.368 e. The van der Waals surface area contributed by atoms with E-state index in [2.05, 4.69) is 21.6 Å². The fourth-order valence-corrected chi connectivity index (χ4v) is 2.55. The average molecular weight is 273 g/mol. The molecule has 1 aliphatic rings. The van der Waals surface area contributed by atoms with E-state index in [0.29, 0.717) is 13.2 Å². The lowest BCUT2D eigenvalue weighted by atomic mass is 10.1. The van der Waals surface area contributed by atoms with Gasteiger partial charge < -0.3 is 10.1 Å². The molecule has 1 saturated heterocycles. The number of rotatable bonds is 3. The zero-order valence-corrected chi connectivity index (χ0v) is 11.6. The Balaban J connectivity index is 1.67. The van der Waals surface area contributed by atoms with Crippen LogP contribution in [0.4, 0.5) is 0 Å². The van der Waals surface area contributed by atoms with Gasteiger partial charge in [0.05, 0.1) is 17.8 Å². The molecule has 0 radical (unpaired) electrons. The third kappa shape index (κ3) is 2.67. The molecule has 0 spiro atoms. The lowest BCUT2D eigenvalue weighted by molar-refractivity contribution is -0.135. The number of aromatic nitrogens is 2. The lowest BCUT2D eigenvalue weighted by Gasteiger charge is -2.21. The van der Waals surface area contributed by atoms with E-state index in [1.807, 2.05) is 19.1 Å². The highest BCUT2D eigenvalue weighted by atomic mass is 16.5. The van der Waals surface area contributed by atoms with Crippen LogP contribution in [0.25, 0.3) is 10.9 Å². The van der Waals surface area contributed by atoms with E-state index in [9.17, 15) is 4.79 Å². The Morgan fingerprint density at radius 2 is 2.40 bits per heavy atom. The molecule has 1 aliphatic heterocycles. The van der Waals surface area contributed by atoms with Crippen molar-refractivity contribution in [3.05, 3.63) is 29.5 Å². The van der Waals surface area contributed by atoms with Crippen LogP contribution in [0.2, 0.25) is 0 Å². The highest BCUT2D eigenvalue weighted by Gasteiger charge is 2.21. The molecule has 1 fully saturated rings. The van der Waals surface area contributed by atoms with Crippen LogP contribution >= 0.6 is 0 Å². The fraction of sp³-hybridized carbons (Fsp3) is 0.467. The summed E-state index contributed by atoms with van der Waals surface area (Å²) in [7, 11) is 0. The molecule has 20 heavy (non-hydrogen) atoms. The molecule has 0 aliphatic carbocycles. The van der Waals surface area contributed by atoms with Crippen molar-refractivity contribution in [2.75, 3.05) is 6.61 Å². The number of carbonyl (C=O) groups excluding carboxylic acids is 1. The normalized spacial score (nSPS) is 19.1. The molecule has 2 N–H and O–H groups in total. The van der Waals surface area contributed by atoms with E-state index in [1.54, 1.807) is 0 Å². The molecule has 3 rings (SSSR count). The largest absolute Gasteiger partial charge is 0.368 e. The number of carbonyl (C=O) groups is 1. The summed E-state index contributed by atoms with van der Waals surface area (Å²) in [6, 6.07) is 6.09. The third-order valence-corrected chi connectivity index (χ3v) is 3.70. The number of ether oxygens (including phenoxy) is 1. The van der Waals surface area contributed by atoms with Crippen LogP contribution in [0.1, 0.15) is 30.5 Å². The summed E-state index contributed by atoms with van der Waals surface area (Å²) < 4.78 is 5.48. The maximum absolute atomic E-state index is 12.0. The molecule has 0 saturated carbocycles. The number of hydrogen-bond acceptors (Lipinski definition) is 3. The maximum Gasteiger partial charge on any atom is 0.249 e. The fourth-order valence-electron chi connectivity index (χ4n) is 2.55. The Bertz CT molecular complexity index is 615. The van der Waals surface area contributed by atoms with Crippen molar-refractivity contribution in [2.24, 2.45) is 0 Å². The van der Waals surface area contributed by atoms with Crippen LogP contribution in [0, 0.1) is 6.92 Å². The van der Waals surface area contributed by atoms with Gasteiger partial charge in [0.25, 0.3) is 0 Å². The molecule has 0 unspecified atom stereocenters. The number of benzene rings is 1. The van der Waals surface area contributed by atoms with Crippen molar-refractivity contribution in [1.29, 1.82) is 0 Å². The SMILES string of the molecule is Cc1ccc2n[nH]c(CNC(=O)[C@@H]3CCCCO3)c2c1. The molecule has 5 nitrogen and oxygen atoms in total. The Morgan fingerprint density at radius 3 is 3.20 bits per heavy atom. The first-order chi connectivity index (χ1) is 9.74. The number of hydrogen-bond donors (Lipinski definition) is 2. The van der Waals surface area contributed by atoms with Crippen molar-refractivity contribution < 1.29 is 9.53 Å². The van der Waals surface area contributed by atoms with Crippen LogP contribution < -0.4 is 5.32 Å².